The molecule has 0 radical (unpaired) electrons. The lowest BCUT2D eigenvalue weighted by Gasteiger charge is -2.29. The molecule has 7 heteroatoms. The second-order valence-electron chi connectivity index (χ2n) is 7.55. The summed E-state index contributed by atoms with van der Waals surface area (Å²) in [5.74, 6) is 0.0195. The van der Waals surface area contributed by atoms with Crippen LogP contribution < -0.4 is 16.2 Å². The van der Waals surface area contributed by atoms with Crippen LogP contribution in [0.3, 0.4) is 0 Å². The highest BCUT2D eigenvalue weighted by Crippen LogP contribution is 2.27. The zero-order chi connectivity index (χ0) is 17.7. The van der Waals surface area contributed by atoms with Gasteiger partial charge in [0.15, 0.2) is 5.65 Å². The minimum absolute atomic E-state index is 0.0195. The normalized spacial score (nSPS) is 25.5. The molecule has 0 aromatic carbocycles. The van der Waals surface area contributed by atoms with Crippen molar-refractivity contribution in [3.63, 3.8) is 0 Å². The van der Waals surface area contributed by atoms with Gasteiger partial charge < -0.3 is 10.6 Å². The van der Waals surface area contributed by atoms with Gasteiger partial charge >= 0.3 is 0 Å². The second-order valence-corrected chi connectivity index (χ2v) is 7.55. The fourth-order valence-electron chi connectivity index (χ4n) is 4.52. The lowest BCUT2D eigenvalue weighted by Crippen LogP contribution is -2.48. The van der Waals surface area contributed by atoms with E-state index in [-0.39, 0.29) is 23.9 Å². The van der Waals surface area contributed by atoms with Crippen LogP contribution in [0.4, 0.5) is 0 Å². The van der Waals surface area contributed by atoms with E-state index in [1.807, 2.05) is 13.8 Å². The molecule has 2 fully saturated rings. The number of pyridine rings is 1. The molecule has 2 unspecified atom stereocenters. The molecule has 4 heterocycles. The van der Waals surface area contributed by atoms with E-state index in [0.717, 1.165) is 29.7 Å². The van der Waals surface area contributed by atoms with Gasteiger partial charge in [-0.25, -0.2) is 4.98 Å². The van der Waals surface area contributed by atoms with E-state index in [2.05, 4.69) is 20.7 Å². The van der Waals surface area contributed by atoms with Gasteiger partial charge in [0.25, 0.3) is 5.56 Å². The molecule has 0 spiro atoms. The van der Waals surface area contributed by atoms with Gasteiger partial charge in [0.1, 0.15) is 0 Å². The summed E-state index contributed by atoms with van der Waals surface area (Å²) in [4.78, 5) is 29.3. The maximum absolute atomic E-state index is 12.6. The van der Waals surface area contributed by atoms with Crippen molar-refractivity contribution < 1.29 is 4.79 Å². The number of aryl methyl sites for hydroxylation is 3. The van der Waals surface area contributed by atoms with Crippen LogP contribution in [0.5, 0.6) is 0 Å². The minimum Gasteiger partial charge on any atom is -0.353 e. The van der Waals surface area contributed by atoms with E-state index >= 15 is 0 Å². The number of aromatic nitrogens is 3. The smallest absolute Gasteiger partial charge is 0.273 e. The number of aromatic amines is 1. The van der Waals surface area contributed by atoms with Gasteiger partial charge in [0, 0.05) is 30.9 Å². The molecule has 2 atom stereocenters. The summed E-state index contributed by atoms with van der Waals surface area (Å²) < 4.78 is 1.63. The van der Waals surface area contributed by atoms with Gasteiger partial charge in [-0.05, 0) is 50.7 Å². The third kappa shape index (κ3) is 2.86. The van der Waals surface area contributed by atoms with E-state index in [1.165, 1.54) is 12.8 Å². The van der Waals surface area contributed by atoms with Crippen LogP contribution in [-0.2, 0) is 18.3 Å². The maximum atomic E-state index is 12.6. The highest BCUT2D eigenvalue weighted by Gasteiger charge is 2.34. The summed E-state index contributed by atoms with van der Waals surface area (Å²) in [6.07, 6.45) is 4.72. The molecular formula is C18H25N5O2. The first-order chi connectivity index (χ1) is 11.9. The molecule has 2 aliphatic heterocycles. The predicted octanol–water partition coefficient (Wildman–Crippen LogP) is 0.820. The van der Waals surface area contributed by atoms with Gasteiger partial charge in [-0.1, -0.05) is 0 Å². The molecule has 2 aromatic heterocycles. The number of nitrogens with one attached hydrogen (secondary N) is 3. The van der Waals surface area contributed by atoms with Crippen LogP contribution in [0.1, 0.15) is 42.5 Å². The number of nitrogens with zero attached hydrogens (tertiary/aromatic N) is 2. The second kappa shape index (κ2) is 5.98. The molecule has 4 rings (SSSR count). The summed E-state index contributed by atoms with van der Waals surface area (Å²) in [6.45, 7) is 3.80. The van der Waals surface area contributed by atoms with Crippen molar-refractivity contribution in [3.8, 4) is 0 Å². The van der Waals surface area contributed by atoms with Crippen molar-refractivity contribution in [2.75, 3.05) is 0 Å². The Morgan fingerprint density at radius 3 is 2.64 bits per heavy atom. The van der Waals surface area contributed by atoms with Crippen LogP contribution in [0.25, 0.3) is 11.0 Å². The van der Waals surface area contributed by atoms with Crippen LogP contribution in [0.2, 0.25) is 0 Å². The topological polar surface area (TPSA) is 91.8 Å². The maximum Gasteiger partial charge on any atom is 0.273 e. The van der Waals surface area contributed by atoms with Crippen molar-refractivity contribution >= 4 is 16.9 Å². The number of hydrogen-bond acceptors (Lipinski definition) is 4. The van der Waals surface area contributed by atoms with Crippen LogP contribution >= 0.6 is 0 Å². The number of hydrogen-bond donors (Lipinski definition) is 3. The summed E-state index contributed by atoms with van der Waals surface area (Å²) in [7, 11) is 1.77. The standard InChI is InChI=1S/C18H25N5O2/c1-9-14(10(2)19-17-16(9)18(25)22-23(17)3)8-15(24)21-13-6-11-4-5-12(7-13)20-11/h11-13,20H,4-8H2,1-3H3,(H,21,24)(H,22,25). The van der Waals surface area contributed by atoms with Gasteiger partial charge in [-0.3, -0.25) is 19.4 Å². The van der Waals surface area contributed by atoms with Crippen LogP contribution in [0.15, 0.2) is 4.79 Å². The van der Waals surface area contributed by atoms with E-state index in [9.17, 15) is 9.59 Å². The number of amides is 1. The number of rotatable bonds is 3. The van der Waals surface area contributed by atoms with E-state index in [0.29, 0.717) is 23.1 Å². The molecule has 134 valence electrons. The summed E-state index contributed by atoms with van der Waals surface area (Å²) >= 11 is 0. The van der Waals surface area contributed by atoms with E-state index < -0.39 is 0 Å². The zero-order valence-corrected chi connectivity index (χ0v) is 15.0. The van der Waals surface area contributed by atoms with Crippen molar-refractivity contribution in [1.82, 2.24) is 25.4 Å². The fraction of sp³-hybridized carbons (Fsp3) is 0.611. The molecule has 25 heavy (non-hydrogen) atoms. The average Bonchev–Trinajstić information content (AvgIpc) is 3.02. The van der Waals surface area contributed by atoms with Crippen molar-refractivity contribution in [1.29, 1.82) is 0 Å². The summed E-state index contributed by atoms with van der Waals surface area (Å²) in [5.41, 5.74) is 3.00. The Labute approximate surface area is 146 Å². The average molecular weight is 343 g/mol. The van der Waals surface area contributed by atoms with Gasteiger partial charge in [-0.15, -0.1) is 0 Å². The molecular weight excluding hydrogens is 318 g/mol. The number of carbonyl (C=O) groups is 1. The first kappa shape index (κ1) is 16.3. The quantitative estimate of drug-likeness (QED) is 0.769. The summed E-state index contributed by atoms with van der Waals surface area (Å²) in [5, 5.41) is 10.1. The summed E-state index contributed by atoms with van der Waals surface area (Å²) in [6, 6.07) is 1.35. The minimum atomic E-state index is -0.154. The number of carbonyl (C=O) groups excluding carboxylic acids is 1. The lowest BCUT2D eigenvalue weighted by molar-refractivity contribution is -0.121. The Morgan fingerprint density at radius 2 is 1.96 bits per heavy atom. The zero-order valence-electron chi connectivity index (χ0n) is 15.0. The first-order valence-electron chi connectivity index (χ1n) is 9.02. The largest absolute Gasteiger partial charge is 0.353 e. The monoisotopic (exact) mass is 343 g/mol. The molecule has 2 saturated heterocycles. The Morgan fingerprint density at radius 1 is 1.28 bits per heavy atom. The van der Waals surface area contributed by atoms with Crippen molar-refractivity contribution in [3.05, 3.63) is 27.2 Å². The van der Waals surface area contributed by atoms with E-state index in [4.69, 9.17) is 0 Å². The molecule has 7 nitrogen and oxygen atoms in total. The number of H-pyrrole nitrogens is 1. The first-order valence-corrected chi connectivity index (χ1v) is 9.02. The predicted molar refractivity (Wildman–Crippen MR) is 95.6 cm³/mol. The van der Waals surface area contributed by atoms with Gasteiger partial charge in [-0.2, -0.15) is 0 Å². The molecule has 0 saturated carbocycles. The third-order valence-electron chi connectivity index (χ3n) is 5.75. The Bertz CT molecular complexity index is 885. The number of piperidine rings is 1. The highest BCUT2D eigenvalue weighted by atomic mass is 16.1. The van der Waals surface area contributed by atoms with Crippen LogP contribution in [-0.4, -0.2) is 38.8 Å². The highest BCUT2D eigenvalue weighted by molar-refractivity contribution is 5.84. The van der Waals surface area contributed by atoms with Crippen molar-refractivity contribution in [2.45, 2.75) is 64.1 Å². The Hall–Kier alpha value is -2.15. The Kier molecular flexibility index (Phi) is 3.91. The molecule has 2 aliphatic rings. The van der Waals surface area contributed by atoms with Gasteiger partial charge in [0.05, 0.1) is 11.8 Å². The molecule has 0 aliphatic carbocycles. The third-order valence-corrected chi connectivity index (χ3v) is 5.75. The molecule has 1 amide bonds. The van der Waals surface area contributed by atoms with Crippen molar-refractivity contribution in [2.24, 2.45) is 7.05 Å². The van der Waals surface area contributed by atoms with E-state index in [1.54, 1.807) is 11.7 Å². The number of fused-ring (bicyclic) bond motifs is 3. The van der Waals surface area contributed by atoms with Crippen LogP contribution in [0, 0.1) is 13.8 Å². The lowest BCUT2D eigenvalue weighted by atomic mass is 9.98. The molecule has 3 N–H and O–H groups in total. The molecule has 2 aromatic rings. The Balaban J connectivity index is 1.55. The van der Waals surface area contributed by atoms with Gasteiger partial charge in [0.2, 0.25) is 5.91 Å². The fourth-order valence-corrected chi connectivity index (χ4v) is 4.52. The SMILES string of the molecule is Cc1nc2c(c(C)c1CC(=O)NC1CC3CCC(C1)N3)c(=O)[nH]n2C. The molecule has 2 bridgehead atoms.